The molecule has 0 spiro atoms. The number of nitrogens with one attached hydrogen (secondary N) is 1. The van der Waals surface area contributed by atoms with Gasteiger partial charge in [0, 0.05) is 12.6 Å². The Labute approximate surface area is 82.7 Å². The van der Waals surface area contributed by atoms with Crippen LogP contribution in [0.3, 0.4) is 0 Å². The standard InChI is InChI=1S/C9H13N3O2/c1-6(3-10)9(14)12-4-7(2)11-8(13)5-12/h6-7H,4-5H2,1-2H3,(H,11,13). The van der Waals surface area contributed by atoms with E-state index in [0.717, 1.165) is 0 Å². The molecule has 1 aliphatic heterocycles. The van der Waals surface area contributed by atoms with Gasteiger partial charge in [0.1, 0.15) is 5.92 Å². The average molecular weight is 195 g/mol. The zero-order valence-corrected chi connectivity index (χ0v) is 8.28. The fourth-order valence-corrected chi connectivity index (χ4v) is 1.43. The van der Waals surface area contributed by atoms with Crippen LogP contribution in [0.25, 0.3) is 0 Å². The van der Waals surface area contributed by atoms with E-state index < -0.39 is 5.92 Å². The number of hydrogen-bond acceptors (Lipinski definition) is 3. The van der Waals surface area contributed by atoms with Crippen molar-refractivity contribution in [1.29, 1.82) is 5.26 Å². The summed E-state index contributed by atoms with van der Waals surface area (Å²) in [4.78, 5) is 24.1. The lowest BCUT2D eigenvalue weighted by molar-refractivity contribution is -0.140. The van der Waals surface area contributed by atoms with Gasteiger partial charge >= 0.3 is 0 Å². The molecule has 0 aromatic heterocycles. The summed E-state index contributed by atoms with van der Waals surface area (Å²) in [6.07, 6.45) is 0. The lowest BCUT2D eigenvalue weighted by Gasteiger charge is -2.31. The molecule has 5 heteroatoms. The number of rotatable bonds is 1. The molecule has 1 fully saturated rings. The van der Waals surface area contributed by atoms with Gasteiger partial charge in [0.05, 0.1) is 12.6 Å². The summed E-state index contributed by atoms with van der Waals surface area (Å²) < 4.78 is 0. The van der Waals surface area contributed by atoms with Crippen LogP contribution in [0.15, 0.2) is 0 Å². The molecule has 0 aromatic carbocycles. The van der Waals surface area contributed by atoms with Crippen LogP contribution in [0.5, 0.6) is 0 Å². The van der Waals surface area contributed by atoms with Crippen molar-refractivity contribution >= 4 is 11.8 Å². The van der Waals surface area contributed by atoms with Gasteiger partial charge in [0.2, 0.25) is 11.8 Å². The monoisotopic (exact) mass is 195 g/mol. The van der Waals surface area contributed by atoms with Gasteiger partial charge in [0.15, 0.2) is 0 Å². The Bertz CT molecular complexity index is 295. The van der Waals surface area contributed by atoms with Gasteiger partial charge in [-0.15, -0.1) is 0 Å². The Morgan fingerprint density at radius 2 is 2.43 bits per heavy atom. The summed E-state index contributed by atoms with van der Waals surface area (Å²) in [7, 11) is 0. The van der Waals surface area contributed by atoms with Gasteiger partial charge in [-0.3, -0.25) is 9.59 Å². The predicted octanol–water partition coefficient (Wildman–Crippen LogP) is -0.507. The molecular formula is C9H13N3O2. The predicted molar refractivity (Wildman–Crippen MR) is 49.0 cm³/mol. The molecule has 2 unspecified atom stereocenters. The molecule has 1 aliphatic rings. The van der Waals surface area contributed by atoms with Crippen molar-refractivity contribution in [1.82, 2.24) is 10.2 Å². The van der Waals surface area contributed by atoms with E-state index in [1.54, 1.807) is 6.92 Å². The summed E-state index contributed by atoms with van der Waals surface area (Å²) >= 11 is 0. The molecule has 1 heterocycles. The van der Waals surface area contributed by atoms with Gasteiger partial charge in [-0.2, -0.15) is 5.26 Å². The molecule has 2 amide bonds. The summed E-state index contributed by atoms with van der Waals surface area (Å²) in [6.45, 7) is 3.92. The molecule has 14 heavy (non-hydrogen) atoms. The zero-order chi connectivity index (χ0) is 10.7. The van der Waals surface area contributed by atoms with Crippen molar-refractivity contribution < 1.29 is 9.59 Å². The maximum atomic E-state index is 11.5. The van der Waals surface area contributed by atoms with E-state index in [0.29, 0.717) is 6.54 Å². The Balaban J connectivity index is 2.65. The van der Waals surface area contributed by atoms with Crippen LogP contribution in [-0.4, -0.2) is 35.8 Å². The van der Waals surface area contributed by atoms with E-state index in [2.05, 4.69) is 5.32 Å². The number of piperazine rings is 1. The molecular weight excluding hydrogens is 182 g/mol. The van der Waals surface area contributed by atoms with Gasteiger partial charge in [-0.1, -0.05) is 0 Å². The minimum atomic E-state index is -0.673. The molecule has 5 nitrogen and oxygen atoms in total. The van der Waals surface area contributed by atoms with Crippen molar-refractivity contribution in [3.05, 3.63) is 0 Å². The SMILES string of the molecule is CC1CN(C(=O)C(C)C#N)CC(=O)N1. The van der Waals surface area contributed by atoms with Crippen LogP contribution in [0.4, 0.5) is 0 Å². The Morgan fingerprint density at radius 3 is 2.93 bits per heavy atom. The number of hydrogen-bond donors (Lipinski definition) is 1. The average Bonchev–Trinajstić information content (AvgIpc) is 2.14. The van der Waals surface area contributed by atoms with Crippen LogP contribution in [-0.2, 0) is 9.59 Å². The van der Waals surface area contributed by atoms with Gasteiger partial charge in [0.25, 0.3) is 0 Å². The minimum Gasteiger partial charge on any atom is -0.350 e. The van der Waals surface area contributed by atoms with E-state index >= 15 is 0 Å². The van der Waals surface area contributed by atoms with Gasteiger partial charge in [-0.05, 0) is 13.8 Å². The third-order valence-corrected chi connectivity index (χ3v) is 2.11. The van der Waals surface area contributed by atoms with Gasteiger partial charge < -0.3 is 10.2 Å². The van der Waals surface area contributed by atoms with Gasteiger partial charge in [-0.25, -0.2) is 0 Å². The van der Waals surface area contributed by atoms with Crippen molar-refractivity contribution in [3.8, 4) is 6.07 Å². The molecule has 2 atom stereocenters. The molecule has 0 bridgehead atoms. The maximum Gasteiger partial charge on any atom is 0.240 e. The first-order chi connectivity index (χ1) is 6.54. The van der Waals surface area contributed by atoms with Crippen LogP contribution in [0.1, 0.15) is 13.8 Å². The molecule has 0 radical (unpaired) electrons. The second-order valence-electron chi connectivity index (χ2n) is 3.54. The van der Waals surface area contributed by atoms with E-state index in [1.165, 1.54) is 4.90 Å². The number of nitriles is 1. The molecule has 76 valence electrons. The first kappa shape index (κ1) is 10.5. The number of carbonyl (C=O) groups is 2. The number of carbonyl (C=O) groups excluding carboxylic acids is 2. The van der Waals surface area contributed by atoms with E-state index in [-0.39, 0.29) is 24.4 Å². The van der Waals surface area contributed by atoms with Crippen molar-refractivity contribution in [2.24, 2.45) is 5.92 Å². The topological polar surface area (TPSA) is 73.2 Å². The largest absolute Gasteiger partial charge is 0.350 e. The minimum absolute atomic E-state index is 0.0360. The lowest BCUT2D eigenvalue weighted by Crippen LogP contribution is -2.55. The molecule has 1 rings (SSSR count). The lowest BCUT2D eigenvalue weighted by atomic mass is 10.1. The Kier molecular flexibility index (Phi) is 3.07. The third kappa shape index (κ3) is 2.22. The van der Waals surface area contributed by atoms with Crippen LogP contribution >= 0.6 is 0 Å². The highest BCUT2D eigenvalue weighted by atomic mass is 16.2. The quantitative estimate of drug-likeness (QED) is 0.612. The second kappa shape index (κ2) is 4.09. The summed E-state index contributed by atoms with van der Waals surface area (Å²) in [5.41, 5.74) is 0. The normalized spacial score (nSPS) is 23.6. The van der Waals surface area contributed by atoms with Crippen molar-refractivity contribution in [3.63, 3.8) is 0 Å². The molecule has 1 saturated heterocycles. The first-order valence-corrected chi connectivity index (χ1v) is 4.52. The summed E-state index contributed by atoms with van der Waals surface area (Å²) in [5.74, 6) is -1.11. The van der Waals surface area contributed by atoms with Crippen molar-refractivity contribution in [2.45, 2.75) is 19.9 Å². The van der Waals surface area contributed by atoms with E-state index in [4.69, 9.17) is 5.26 Å². The maximum absolute atomic E-state index is 11.5. The summed E-state index contributed by atoms with van der Waals surface area (Å²) in [6, 6.07) is 1.83. The number of amides is 2. The second-order valence-corrected chi connectivity index (χ2v) is 3.54. The highest BCUT2D eigenvalue weighted by molar-refractivity contribution is 5.88. The third-order valence-electron chi connectivity index (χ3n) is 2.11. The molecule has 0 saturated carbocycles. The van der Waals surface area contributed by atoms with Crippen LogP contribution in [0, 0.1) is 17.2 Å². The van der Waals surface area contributed by atoms with E-state index in [1.807, 2.05) is 13.0 Å². The fourth-order valence-electron chi connectivity index (χ4n) is 1.43. The highest BCUT2D eigenvalue weighted by Crippen LogP contribution is 2.05. The van der Waals surface area contributed by atoms with Crippen LogP contribution < -0.4 is 5.32 Å². The van der Waals surface area contributed by atoms with Crippen molar-refractivity contribution in [2.75, 3.05) is 13.1 Å². The molecule has 0 aliphatic carbocycles. The Morgan fingerprint density at radius 1 is 1.79 bits per heavy atom. The summed E-state index contributed by atoms with van der Waals surface area (Å²) in [5, 5.41) is 11.3. The zero-order valence-electron chi connectivity index (χ0n) is 8.28. The highest BCUT2D eigenvalue weighted by Gasteiger charge is 2.28. The number of nitrogens with zero attached hydrogens (tertiary/aromatic N) is 2. The smallest absolute Gasteiger partial charge is 0.240 e. The van der Waals surface area contributed by atoms with Crippen LogP contribution in [0.2, 0.25) is 0 Å². The Hall–Kier alpha value is -1.57. The molecule has 0 aromatic rings. The first-order valence-electron chi connectivity index (χ1n) is 4.52. The molecule has 1 N–H and O–H groups in total. The van der Waals surface area contributed by atoms with E-state index in [9.17, 15) is 9.59 Å². The fraction of sp³-hybridized carbons (Fsp3) is 0.667.